The average Bonchev–Trinajstić information content (AvgIpc) is 3.26. The van der Waals surface area contributed by atoms with Crippen LogP contribution in [0.4, 0.5) is 17.1 Å². The number of nitrogens with one attached hydrogen (secondary N) is 2. The van der Waals surface area contributed by atoms with Gasteiger partial charge in [-0.1, -0.05) is 106 Å². The molecular weight excluding hydrogens is 543 g/mol. The number of rotatable bonds is 15. The van der Waals surface area contributed by atoms with Crippen molar-refractivity contribution >= 4 is 69.5 Å². The third kappa shape index (κ3) is 9.79. The van der Waals surface area contributed by atoms with Gasteiger partial charge in [0.2, 0.25) is 5.91 Å². The number of carbonyl (C=O) groups excluding carboxylic acids is 2. The number of hydrogen-bond acceptors (Lipinski definition) is 3. The molecule has 0 bridgehead atoms. The van der Waals surface area contributed by atoms with E-state index in [0.717, 1.165) is 12.8 Å². The lowest BCUT2D eigenvalue weighted by molar-refractivity contribution is -0.117. The van der Waals surface area contributed by atoms with Crippen LogP contribution in [0.25, 0.3) is 0 Å². The standard InChI is InChI=1S/C29H37Cl3N4O2/c1-2-3-4-5-6-7-8-9-10-11-12-13-28(37)33-21-14-16-24(31)26(18-21)34-27-20-29(38)36(35-27)22-15-17-23(30)25(32)19-22/h14-19H,2-13,20H2,1H3,(H,33,37)(H,34,35). The molecule has 38 heavy (non-hydrogen) atoms. The van der Waals surface area contributed by atoms with Crippen LogP contribution in [-0.2, 0) is 9.59 Å². The van der Waals surface area contributed by atoms with Crippen molar-refractivity contribution in [3.8, 4) is 0 Å². The van der Waals surface area contributed by atoms with E-state index in [1.807, 2.05) is 0 Å². The Bertz CT molecular complexity index is 1120. The number of hydrogen-bond donors (Lipinski definition) is 2. The van der Waals surface area contributed by atoms with Gasteiger partial charge < -0.3 is 5.32 Å². The first-order valence-corrected chi connectivity index (χ1v) is 14.7. The predicted octanol–water partition coefficient (Wildman–Crippen LogP) is 9.26. The molecule has 0 aliphatic carbocycles. The van der Waals surface area contributed by atoms with E-state index in [2.05, 4.69) is 22.7 Å². The Morgan fingerprint density at radius 3 is 2.16 bits per heavy atom. The van der Waals surface area contributed by atoms with Gasteiger partial charge in [-0.05, 0) is 42.8 Å². The monoisotopic (exact) mass is 578 g/mol. The summed E-state index contributed by atoms with van der Waals surface area (Å²) in [5, 5.41) is 5.48. The van der Waals surface area contributed by atoms with Crippen LogP contribution in [0.1, 0.15) is 90.4 Å². The summed E-state index contributed by atoms with van der Waals surface area (Å²) in [4.78, 5) is 29.5. The van der Waals surface area contributed by atoms with Gasteiger partial charge in [-0.2, -0.15) is 0 Å². The van der Waals surface area contributed by atoms with Crippen molar-refractivity contribution in [2.75, 3.05) is 10.3 Å². The Balaban J connectivity index is 1.43. The number of hydrazine groups is 1. The highest BCUT2D eigenvalue weighted by Crippen LogP contribution is 2.31. The molecule has 0 radical (unpaired) electrons. The van der Waals surface area contributed by atoms with Gasteiger partial charge in [-0.25, -0.2) is 10.0 Å². The van der Waals surface area contributed by atoms with E-state index >= 15 is 0 Å². The van der Waals surface area contributed by atoms with E-state index in [9.17, 15) is 9.59 Å². The molecule has 1 aliphatic rings. The number of amides is 2. The summed E-state index contributed by atoms with van der Waals surface area (Å²) in [5.74, 6) is 0.226. The van der Waals surface area contributed by atoms with Crippen LogP contribution in [0.3, 0.4) is 0 Å². The molecule has 1 saturated heterocycles. The van der Waals surface area contributed by atoms with E-state index in [1.165, 1.54) is 62.8 Å². The Hall–Kier alpha value is -2.28. The molecule has 0 atom stereocenters. The van der Waals surface area contributed by atoms with Crippen molar-refractivity contribution in [1.29, 1.82) is 0 Å². The molecule has 2 amide bonds. The fourth-order valence-electron chi connectivity index (χ4n) is 4.35. The fraction of sp³-hybridized carbons (Fsp3) is 0.483. The first kappa shape index (κ1) is 30.3. The Morgan fingerprint density at radius 2 is 1.50 bits per heavy atom. The minimum Gasteiger partial charge on any atom is -0.326 e. The van der Waals surface area contributed by atoms with Crippen molar-refractivity contribution in [1.82, 2.24) is 5.43 Å². The lowest BCUT2D eigenvalue weighted by Gasteiger charge is -2.16. The van der Waals surface area contributed by atoms with Crippen LogP contribution in [0, 0.1) is 0 Å². The predicted molar refractivity (Wildman–Crippen MR) is 160 cm³/mol. The highest BCUT2D eigenvalue weighted by Gasteiger charge is 2.27. The van der Waals surface area contributed by atoms with Crippen LogP contribution in [0.15, 0.2) is 41.4 Å². The number of halogens is 3. The number of nitrogens with zero attached hydrogens (tertiary/aromatic N) is 2. The van der Waals surface area contributed by atoms with Crippen LogP contribution in [0.5, 0.6) is 0 Å². The molecular formula is C29H37Cl3N4O2. The molecule has 9 heteroatoms. The third-order valence-electron chi connectivity index (χ3n) is 6.46. The molecule has 1 aliphatic heterocycles. The number of carbonyl (C=O) groups is 2. The SMILES string of the molecule is CCCCCCCCCCCCCC(=O)Nc1ccc(Cl)c(N=C2CC(=O)N(c3ccc(Cl)c(Cl)c3)N2)c1. The van der Waals surface area contributed by atoms with Gasteiger partial charge in [0.15, 0.2) is 0 Å². The molecule has 2 aromatic rings. The van der Waals surface area contributed by atoms with Crippen molar-refractivity contribution in [3.63, 3.8) is 0 Å². The van der Waals surface area contributed by atoms with Gasteiger partial charge in [0, 0.05) is 12.1 Å². The Kier molecular flexibility index (Phi) is 12.7. The van der Waals surface area contributed by atoms with Gasteiger partial charge >= 0.3 is 0 Å². The molecule has 1 fully saturated rings. The lowest BCUT2D eigenvalue weighted by Crippen LogP contribution is -2.35. The molecule has 0 saturated carbocycles. The molecule has 2 aromatic carbocycles. The summed E-state index contributed by atoms with van der Waals surface area (Å²) in [6.07, 6.45) is 14.3. The van der Waals surface area contributed by atoms with Crippen LogP contribution < -0.4 is 15.8 Å². The number of benzene rings is 2. The normalized spacial score (nSPS) is 14.3. The maximum atomic E-state index is 12.5. The van der Waals surface area contributed by atoms with E-state index in [1.54, 1.807) is 36.4 Å². The fourth-order valence-corrected chi connectivity index (χ4v) is 4.80. The van der Waals surface area contributed by atoms with Gasteiger partial charge in [0.05, 0.1) is 32.9 Å². The topological polar surface area (TPSA) is 73.8 Å². The van der Waals surface area contributed by atoms with E-state index in [-0.39, 0.29) is 18.2 Å². The molecule has 1 heterocycles. The van der Waals surface area contributed by atoms with Crippen molar-refractivity contribution < 1.29 is 9.59 Å². The number of anilines is 2. The number of amidine groups is 1. The summed E-state index contributed by atoms with van der Waals surface area (Å²) in [6, 6.07) is 10.1. The first-order valence-electron chi connectivity index (χ1n) is 13.6. The molecule has 0 spiro atoms. The maximum absolute atomic E-state index is 12.5. The summed E-state index contributed by atoms with van der Waals surface area (Å²) in [5.41, 5.74) is 4.63. The zero-order chi connectivity index (χ0) is 27.3. The van der Waals surface area contributed by atoms with Crippen LogP contribution in [0.2, 0.25) is 15.1 Å². The van der Waals surface area contributed by atoms with Crippen molar-refractivity contribution in [2.45, 2.75) is 90.4 Å². The average molecular weight is 580 g/mol. The zero-order valence-electron chi connectivity index (χ0n) is 22.0. The van der Waals surface area contributed by atoms with E-state index < -0.39 is 0 Å². The van der Waals surface area contributed by atoms with Crippen molar-refractivity contribution in [3.05, 3.63) is 51.5 Å². The van der Waals surface area contributed by atoms with E-state index in [4.69, 9.17) is 34.8 Å². The lowest BCUT2D eigenvalue weighted by atomic mass is 10.1. The van der Waals surface area contributed by atoms with Gasteiger partial charge in [-0.3, -0.25) is 15.0 Å². The molecule has 3 rings (SSSR count). The summed E-state index contributed by atoms with van der Waals surface area (Å²) in [7, 11) is 0. The molecule has 2 N–H and O–H groups in total. The smallest absolute Gasteiger partial charge is 0.253 e. The molecule has 206 valence electrons. The largest absolute Gasteiger partial charge is 0.326 e. The third-order valence-corrected chi connectivity index (χ3v) is 7.52. The van der Waals surface area contributed by atoms with Crippen LogP contribution >= 0.6 is 34.8 Å². The molecule has 0 unspecified atom stereocenters. The highest BCUT2D eigenvalue weighted by molar-refractivity contribution is 6.42. The second kappa shape index (κ2) is 16.0. The van der Waals surface area contributed by atoms with E-state index in [0.29, 0.717) is 44.4 Å². The quantitative estimate of drug-likeness (QED) is 0.206. The molecule has 0 aromatic heterocycles. The summed E-state index contributed by atoms with van der Waals surface area (Å²) < 4.78 is 0. The second-order valence-corrected chi connectivity index (χ2v) is 10.9. The first-order chi connectivity index (χ1) is 18.4. The highest BCUT2D eigenvalue weighted by atomic mass is 35.5. The van der Waals surface area contributed by atoms with Gasteiger partial charge in [-0.15, -0.1) is 0 Å². The maximum Gasteiger partial charge on any atom is 0.253 e. The zero-order valence-corrected chi connectivity index (χ0v) is 24.3. The van der Waals surface area contributed by atoms with Crippen LogP contribution in [-0.4, -0.2) is 17.6 Å². The summed E-state index contributed by atoms with van der Waals surface area (Å²) >= 11 is 18.4. The Morgan fingerprint density at radius 1 is 0.868 bits per heavy atom. The second-order valence-electron chi connectivity index (χ2n) is 9.67. The van der Waals surface area contributed by atoms with Gasteiger partial charge in [0.25, 0.3) is 5.91 Å². The number of aliphatic imine (C=N–C) groups is 1. The van der Waals surface area contributed by atoms with Crippen molar-refractivity contribution in [2.24, 2.45) is 4.99 Å². The molecule has 6 nitrogen and oxygen atoms in total. The number of unbranched alkanes of at least 4 members (excludes halogenated alkanes) is 10. The minimum atomic E-state index is -0.185. The minimum absolute atomic E-state index is 0.0261. The Labute approximate surface area is 241 Å². The van der Waals surface area contributed by atoms with Gasteiger partial charge in [0.1, 0.15) is 5.84 Å². The summed E-state index contributed by atoms with van der Waals surface area (Å²) in [6.45, 7) is 2.25.